The van der Waals surface area contributed by atoms with Crippen LogP contribution in [-0.4, -0.2) is 33.3 Å². The molecule has 182 valence electrons. The Morgan fingerprint density at radius 2 is 1.85 bits per heavy atom. The first kappa shape index (κ1) is 24.8. The predicted octanol–water partition coefficient (Wildman–Crippen LogP) is 6.36. The Bertz CT molecular complexity index is 1120. The summed E-state index contributed by atoms with van der Waals surface area (Å²) >= 11 is 3.79. The first-order valence-corrected chi connectivity index (χ1v) is 13.3. The summed E-state index contributed by atoms with van der Waals surface area (Å²) in [6.45, 7) is 2.91. The Hall–Kier alpha value is -2.31. The van der Waals surface area contributed by atoms with Crippen LogP contribution < -0.4 is 5.32 Å². The Morgan fingerprint density at radius 1 is 1.12 bits per heavy atom. The number of rotatable bonds is 8. The topological polar surface area (TPSA) is 74.5 Å². The lowest BCUT2D eigenvalue weighted by Crippen LogP contribution is -2.27. The number of carbonyl (C=O) groups is 1. The maximum Gasteiger partial charge on any atom is 0.255 e. The summed E-state index contributed by atoms with van der Waals surface area (Å²) in [5.41, 5.74) is 2.73. The smallest absolute Gasteiger partial charge is 0.255 e. The Kier molecular flexibility index (Phi) is 8.32. The van der Waals surface area contributed by atoms with Crippen LogP contribution in [0.3, 0.4) is 0 Å². The van der Waals surface area contributed by atoms with Crippen molar-refractivity contribution in [1.29, 1.82) is 0 Å². The van der Waals surface area contributed by atoms with E-state index in [-0.39, 0.29) is 11.7 Å². The van der Waals surface area contributed by atoms with Crippen molar-refractivity contribution in [2.75, 3.05) is 6.54 Å². The van der Waals surface area contributed by atoms with Crippen LogP contribution >= 0.6 is 15.9 Å². The zero-order valence-corrected chi connectivity index (χ0v) is 21.4. The van der Waals surface area contributed by atoms with E-state index in [2.05, 4.69) is 44.1 Å². The molecule has 0 aliphatic heterocycles. The number of aromatic hydroxyl groups is 1. The molecule has 1 saturated carbocycles. The van der Waals surface area contributed by atoms with E-state index < -0.39 is 6.10 Å². The molecule has 0 spiro atoms. The van der Waals surface area contributed by atoms with Crippen LogP contribution in [-0.2, 0) is 6.54 Å². The number of nitrogens with one attached hydrogen (secondary N) is 1. The Labute approximate surface area is 210 Å². The van der Waals surface area contributed by atoms with E-state index in [1.165, 1.54) is 55.5 Å². The standard InChI is InChI=1S/C28H35BrN2O3/c1-19(32)17-31-18-23(27-24(29)12-8-13-25(27)31)21(20-9-4-2-3-5-10-20)15-16-30-28(34)22-11-6-7-14-26(22)33/h6-8,11-14,18-21,32-33H,2-5,9-10,15-17H2,1H3,(H,30,34). The van der Waals surface area contributed by atoms with Crippen molar-refractivity contribution in [3.05, 3.63) is 64.3 Å². The maximum atomic E-state index is 12.7. The van der Waals surface area contributed by atoms with Crippen LogP contribution in [0.5, 0.6) is 5.75 Å². The number of fused-ring (bicyclic) bond motifs is 1. The highest BCUT2D eigenvalue weighted by Crippen LogP contribution is 2.42. The molecule has 34 heavy (non-hydrogen) atoms. The molecule has 2 atom stereocenters. The highest BCUT2D eigenvalue weighted by Gasteiger charge is 2.28. The first-order valence-electron chi connectivity index (χ1n) is 12.5. The molecule has 0 saturated heterocycles. The zero-order chi connectivity index (χ0) is 24.1. The maximum absolute atomic E-state index is 12.7. The van der Waals surface area contributed by atoms with Crippen LogP contribution in [0.1, 0.15) is 73.7 Å². The van der Waals surface area contributed by atoms with E-state index in [9.17, 15) is 15.0 Å². The molecule has 3 N–H and O–H groups in total. The molecule has 3 aromatic rings. The number of nitrogens with zero attached hydrogens (tertiary/aromatic N) is 1. The van der Waals surface area contributed by atoms with E-state index in [0.717, 1.165) is 16.4 Å². The van der Waals surface area contributed by atoms with Crippen LogP contribution in [0.2, 0.25) is 0 Å². The molecule has 0 bridgehead atoms. The summed E-state index contributed by atoms with van der Waals surface area (Å²) in [4.78, 5) is 12.7. The number of para-hydroxylation sites is 1. The van der Waals surface area contributed by atoms with E-state index >= 15 is 0 Å². The van der Waals surface area contributed by atoms with Gasteiger partial charge >= 0.3 is 0 Å². The van der Waals surface area contributed by atoms with Crippen molar-refractivity contribution in [3.8, 4) is 5.75 Å². The van der Waals surface area contributed by atoms with E-state index in [1.807, 2.05) is 13.0 Å². The van der Waals surface area contributed by atoms with Gasteiger partial charge in [0.1, 0.15) is 5.75 Å². The van der Waals surface area contributed by atoms with Crippen LogP contribution in [0, 0.1) is 5.92 Å². The number of halogens is 1. The van der Waals surface area contributed by atoms with E-state index in [0.29, 0.717) is 30.5 Å². The second-order valence-electron chi connectivity index (χ2n) is 9.64. The Balaban J connectivity index is 1.63. The Morgan fingerprint density at radius 3 is 2.56 bits per heavy atom. The van der Waals surface area contributed by atoms with Crippen molar-refractivity contribution >= 4 is 32.7 Å². The molecule has 6 heteroatoms. The van der Waals surface area contributed by atoms with Gasteiger partial charge in [-0.1, -0.05) is 59.8 Å². The van der Waals surface area contributed by atoms with Gasteiger partial charge in [0, 0.05) is 34.7 Å². The fourth-order valence-electron chi connectivity index (χ4n) is 5.52. The SMILES string of the molecule is CC(O)Cn1cc(C(CCNC(=O)c2ccccc2O)C2CCCCCC2)c2c(Br)cccc21. The third-order valence-corrected chi connectivity index (χ3v) is 7.76. The molecule has 1 aliphatic carbocycles. The summed E-state index contributed by atoms with van der Waals surface area (Å²) in [5.74, 6) is 0.627. The van der Waals surface area contributed by atoms with Crippen LogP contribution in [0.15, 0.2) is 53.1 Å². The quantitative estimate of drug-likeness (QED) is 0.298. The average molecular weight is 528 g/mol. The summed E-state index contributed by atoms with van der Waals surface area (Å²) in [5, 5.41) is 24.4. The molecular weight excluding hydrogens is 492 g/mol. The minimum absolute atomic E-state index is 0.00504. The fourth-order valence-corrected chi connectivity index (χ4v) is 6.10. The number of phenolic OH excluding ortho intramolecular Hbond substituents is 1. The number of hydrogen-bond acceptors (Lipinski definition) is 3. The van der Waals surface area contributed by atoms with Crippen LogP contribution in [0.4, 0.5) is 0 Å². The highest BCUT2D eigenvalue weighted by molar-refractivity contribution is 9.10. The zero-order valence-electron chi connectivity index (χ0n) is 19.8. The molecule has 1 fully saturated rings. The van der Waals surface area contributed by atoms with E-state index in [1.54, 1.807) is 18.2 Å². The molecule has 1 amide bonds. The van der Waals surface area contributed by atoms with Gasteiger partial charge in [-0.15, -0.1) is 0 Å². The minimum atomic E-state index is -0.434. The summed E-state index contributed by atoms with van der Waals surface area (Å²) < 4.78 is 3.24. The first-order chi connectivity index (χ1) is 16.5. The molecule has 1 heterocycles. The monoisotopic (exact) mass is 526 g/mol. The third kappa shape index (κ3) is 5.66. The van der Waals surface area contributed by atoms with Crippen molar-refractivity contribution in [1.82, 2.24) is 9.88 Å². The lowest BCUT2D eigenvalue weighted by atomic mass is 9.79. The minimum Gasteiger partial charge on any atom is -0.507 e. The van der Waals surface area contributed by atoms with Crippen LogP contribution in [0.25, 0.3) is 10.9 Å². The predicted molar refractivity (Wildman–Crippen MR) is 140 cm³/mol. The van der Waals surface area contributed by atoms with Gasteiger partial charge in [-0.25, -0.2) is 0 Å². The normalized spacial score (nSPS) is 16.8. The number of benzene rings is 2. The number of hydrogen-bond donors (Lipinski definition) is 3. The van der Waals surface area contributed by atoms with Gasteiger partial charge in [-0.05, 0) is 67.9 Å². The van der Waals surface area contributed by atoms with Gasteiger partial charge in [0.15, 0.2) is 0 Å². The number of phenols is 1. The number of carbonyl (C=O) groups excluding carboxylic acids is 1. The van der Waals surface area contributed by atoms with Crippen molar-refractivity contribution in [3.63, 3.8) is 0 Å². The molecule has 4 rings (SSSR count). The second kappa shape index (κ2) is 11.4. The van der Waals surface area contributed by atoms with Crippen molar-refractivity contribution < 1.29 is 15.0 Å². The second-order valence-corrected chi connectivity index (χ2v) is 10.5. The fraction of sp³-hybridized carbons (Fsp3) is 0.464. The number of aromatic nitrogens is 1. The molecular formula is C28H35BrN2O3. The average Bonchev–Trinajstić information content (AvgIpc) is 2.97. The largest absolute Gasteiger partial charge is 0.507 e. The van der Waals surface area contributed by atoms with Crippen molar-refractivity contribution in [2.24, 2.45) is 5.92 Å². The van der Waals surface area contributed by atoms with E-state index in [4.69, 9.17) is 0 Å². The summed E-state index contributed by atoms with van der Waals surface area (Å²) in [6, 6.07) is 12.9. The lowest BCUT2D eigenvalue weighted by molar-refractivity contribution is 0.0948. The van der Waals surface area contributed by atoms with Crippen molar-refractivity contribution in [2.45, 2.75) is 70.4 Å². The van der Waals surface area contributed by atoms with Gasteiger partial charge < -0.3 is 20.1 Å². The number of aliphatic hydroxyl groups excluding tert-OH is 1. The van der Waals surface area contributed by atoms with Gasteiger partial charge in [-0.3, -0.25) is 4.79 Å². The number of aliphatic hydroxyl groups is 1. The summed E-state index contributed by atoms with van der Waals surface area (Å²) in [7, 11) is 0. The molecule has 2 aromatic carbocycles. The van der Waals surface area contributed by atoms with Gasteiger partial charge in [0.05, 0.1) is 11.7 Å². The molecule has 0 radical (unpaired) electrons. The third-order valence-electron chi connectivity index (χ3n) is 7.10. The molecule has 1 aliphatic rings. The van der Waals surface area contributed by atoms with Gasteiger partial charge in [-0.2, -0.15) is 0 Å². The highest BCUT2D eigenvalue weighted by atomic mass is 79.9. The number of amides is 1. The lowest BCUT2D eigenvalue weighted by Gasteiger charge is -2.27. The molecule has 5 nitrogen and oxygen atoms in total. The van der Waals surface area contributed by atoms with Gasteiger partial charge in [0.25, 0.3) is 5.91 Å². The van der Waals surface area contributed by atoms with Gasteiger partial charge in [0.2, 0.25) is 0 Å². The molecule has 2 unspecified atom stereocenters. The molecule has 1 aromatic heterocycles. The summed E-state index contributed by atoms with van der Waals surface area (Å²) in [6.07, 6.45) is 10.1.